The molecule has 152 valence electrons. The van der Waals surface area contributed by atoms with Crippen LogP contribution in [-0.2, 0) is 4.79 Å². The monoisotopic (exact) mass is 383 g/mol. The lowest BCUT2D eigenvalue weighted by Crippen LogP contribution is -2.54. The van der Waals surface area contributed by atoms with E-state index in [4.69, 9.17) is 0 Å². The lowest BCUT2D eigenvalue weighted by Gasteiger charge is -2.45. The van der Waals surface area contributed by atoms with Gasteiger partial charge in [0.1, 0.15) is 0 Å². The van der Waals surface area contributed by atoms with Crippen LogP contribution in [0.25, 0.3) is 0 Å². The zero-order chi connectivity index (χ0) is 19.5. The van der Waals surface area contributed by atoms with Crippen molar-refractivity contribution >= 4 is 17.4 Å². The number of hydrogen-bond acceptors (Lipinski definition) is 4. The molecule has 3 fully saturated rings. The van der Waals surface area contributed by atoms with E-state index in [0.29, 0.717) is 18.5 Å². The van der Waals surface area contributed by atoms with Gasteiger partial charge in [0, 0.05) is 50.0 Å². The summed E-state index contributed by atoms with van der Waals surface area (Å²) in [5, 5.41) is 0. The van der Waals surface area contributed by atoms with Gasteiger partial charge in [-0.25, -0.2) is 0 Å². The molecule has 1 aromatic rings. The van der Waals surface area contributed by atoms with E-state index in [2.05, 4.69) is 14.7 Å². The predicted octanol–water partition coefficient (Wildman–Crippen LogP) is 3.19. The molecule has 0 N–H and O–H groups in total. The molecule has 2 saturated heterocycles. The SMILES string of the molecule is CC(=O)c1ccc(N2CCN(CC(=O)N3CCC[C@@H]4CCCC[C@H]43)CC2)cc1. The van der Waals surface area contributed by atoms with Crippen LogP contribution < -0.4 is 4.90 Å². The maximum atomic E-state index is 13.0. The molecule has 2 heterocycles. The fourth-order valence-corrected chi connectivity index (χ4v) is 5.29. The summed E-state index contributed by atoms with van der Waals surface area (Å²) in [6.45, 7) is 6.83. The van der Waals surface area contributed by atoms with Gasteiger partial charge in [0.2, 0.25) is 5.91 Å². The molecule has 5 nitrogen and oxygen atoms in total. The summed E-state index contributed by atoms with van der Waals surface area (Å²) in [7, 11) is 0. The van der Waals surface area contributed by atoms with E-state index in [1.165, 1.54) is 38.5 Å². The number of fused-ring (bicyclic) bond motifs is 1. The van der Waals surface area contributed by atoms with Gasteiger partial charge < -0.3 is 9.80 Å². The van der Waals surface area contributed by atoms with Crippen molar-refractivity contribution in [3.63, 3.8) is 0 Å². The van der Waals surface area contributed by atoms with Gasteiger partial charge >= 0.3 is 0 Å². The Morgan fingerprint density at radius 1 is 0.893 bits per heavy atom. The normalized spacial score (nSPS) is 26.0. The van der Waals surface area contributed by atoms with Crippen molar-refractivity contribution in [2.24, 2.45) is 5.92 Å². The third kappa shape index (κ3) is 4.24. The third-order valence-corrected chi connectivity index (χ3v) is 6.93. The minimum Gasteiger partial charge on any atom is -0.369 e. The summed E-state index contributed by atoms with van der Waals surface area (Å²) in [5.74, 6) is 1.20. The molecule has 1 aliphatic carbocycles. The maximum Gasteiger partial charge on any atom is 0.237 e. The van der Waals surface area contributed by atoms with Crippen molar-refractivity contribution in [1.82, 2.24) is 9.80 Å². The summed E-state index contributed by atoms with van der Waals surface area (Å²) in [4.78, 5) is 31.3. The highest BCUT2D eigenvalue weighted by Crippen LogP contribution is 2.35. The molecule has 4 rings (SSSR count). The Kier molecular flexibility index (Phi) is 6.00. The Morgan fingerprint density at radius 3 is 2.29 bits per heavy atom. The number of amides is 1. The number of carbonyl (C=O) groups excluding carboxylic acids is 2. The van der Waals surface area contributed by atoms with Crippen LogP contribution in [0.15, 0.2) is 24.3 Å². The van der Waals surface area contributed by atoms with Crippen LogP contribution in [0.3, 0.4) is 0 Å². The first-order valence-corrected chi connectivity index (χ1v) is 11.0. The van der Waals surface area contributed by atoms with Crippen molar-refractivity contribution in [1.29, 1.82) is 0 Å². The molecular weight excluding hydrogens is 350 g/mol. The summed E-state index contributed by atoms with van der Waals surface area (Å²) in [6.07, 6.45) is 7.65. The number of rotatable bonds is 4. The van der Waals surface area contributed by atoms with Gasteiger partial charge in [-0.05, 0) is 62.8 Å². The van der Waals surface area contributed by atoms with Crippen LogP contribution in [0.5, 0.6) is 0 Å². The van der Waals surface area contributed by atoms with Crippen molar-refractivity contribution in [3.8, 4) is 0 Å². The number of ketones is 1. The van der Waals surface area contributed by atoms with Crippen LogP contribution in [0, 0.1) is 5.92 Å². The lowest BCUT2D eigenvalue weighted by molar-refractivity contribution is -0.138. The summed E-state index contributed by atoms with van der Waals surface area (Å²) in [5.41, 5.74) is 1.92. The zero-order valence-corrected chi connectivity index (χ0v) is 17.1. The number of benzene rings is 1. The van der Waals surface area contributed by atoms with E-state index >= 15 is 0 Å². The van der Waals surface area contributed by atoms with Crippen molar-refractivity contribution in [2.45, 2.75) is 51.5 Å². The van der Waals surface area contributed by atoms with E-state index < -0.39 is 0 Å². The molecule has 3 aliphatic rings. The molecule has 1 saturated carbocycles. The average Bonchev–Trinajstić information content (AvgIpc) is 2.74. The molecule has 0 bridgehead atoms. The molecule has 1 amide bonds. The van der Waals surface area contributed by atoms with E-state index in [9.17, 15) is 9.59 Å². The maximum absolute atomic E-state index is 13.0. The molecule has 0 radical (unpaired) electrons. The number of likely N-dealkylation sites (tertiary alicyclic amines) is 1. The number of piperazine rings is 1. The van der Waals surface area contributed by atoms with E-state index in [-0.39, 0.29) is 5.78 Å². The Morgan fingerprint density at radius 2 is 1.57 bits per heavy atom. The molecule has 1 aromatic carbocycles. The first kappa shape index (κ1) is 19.4. The van der Waals surface area contributed by atoms with Crippen LogP contribution >= 0.6 is 0 Å². The van der Waals surface area contributed by atoms with Gasteiger partial charge in [0.15, 0.2) is 5.78 Å². The van der Waals surface area contributed by atoms with Gasteiger partial charge in [-0.15, -0.1) is 0 Å². The van der Waals surface area contributed by atoms with Gasteiger partial charge in [0.05, 0.1) is 6.54 Å². The standard InChI is InChI=1S/C23H33N3O2/c1-18(27)19-8-10-21(11-9-19)25-15-13-24(14-16-25)17-23(28)26-12-4-6-20-5-2-3-7-22(20)26/h8-11,20,22H,2-7,12-17H2,1H3/t20-,22+/m0/s1. The number of Topliss-reactive ketones (excluding diaryl/α,β-unsaturated/α-hetero) is 1. The number of nitrogens with zero attached hydrogens (tertiary/aromatic N) is 3. The topological polar surface area (TPSA) is 43.9 Å². The fraction of sp³-hybridized carbons (Fsp3) is 0.652. The van der Waals surface area contributed by atoms with Gasteiger partial charge in [-0.2, -0.15) is 0 Å². The number of piperidine rings is 1. The van der Waals surface area contributed by atoms with Crippen molar-refractivity contribution in [3.05, 3.63) is 29.8 Å². The van der Waals surface area contributed by atoms with Gasteiger partial charge in [-0.3, -0.25) is 14.5 Å². The number of hydrogen-bond donors (Lipinski definition) is 0. The predicted molar refractivity (Wildman–Crippen MR) is 112 cm³/mol. The molecule has 0 unspecified atom stereocenters. The second-order valence-corrected chi connectivity index (χ2v) is 8.71. The first-order chi connectivity index (χ1) is 13.6. The number of anilines is 1. The summed E-state index contributed by atoms with van der Waals surface area (Å²) in [6, 6.07) is 8.40. The van der Waals surface area contributed by atoms with Crippen molar-refractivity contribution in [2.75, 3.05) is 44.2 Å². The fourth-order valence-electron chi connectivity index (χ4n) is 5.29. The van der Waals surface area contributed by atoms with Crippen LogP contribution in [-0.4, -0.2) is 66.8 Å². The highest BCUT2D eigenvalue weighted by molar-refractivity contribution is 5.94. The second-order valence-electron chi connectivity index (χ2n) is 8.71. The summed E-state index contributed by atoms with van der Waals surface area (Å²) >= 11 is 0. The first-order valence-electron chi connectivity index (χ1n) is 11.0. The van der Waals surface area contributed by atoms with Crippen LogP contribution in [0.4, 0.5) is 5.69 Å². The molecule has 2 aliphatic heterocycles. The third-order valence-electron chi connectivity index (χ3n) is 6.93. The molecule has 2 atom stereocenters. The minimum atomic E-state index is 0.104. The second kappa shape index (κ2) is 8.64. The Labute approximate surface area is 168 Å². The smallest absolute Gasteiger partial charge is 0.237 e. The molecule has 0 aromatic heterocycles. The van der Waals surface area contributed by atoms with Crippen LogP contribution in [0.1, 0.15) is 55.8 Å². The highest BCUT2D eigenvalue weighted by atomic mass is 16.2. The Bertz CT molecular complexity index is 692. The number of carbonyl (C=O) groups is 2. The van der Waals surface area contributed by atoms with E-state index in [1.54, 1.807) is 6.92 Å². The van der Waals surface area contributed by atoms with Crippen molar-refractivity contribution < 1.29 is 9.59 Å². The average molecular weight is 384 g/mol. The lowest BCUT2D eigenvalue weighted by atomic mass is 9.78. The van der Waals surface area contributed by atoms with E-state index in [0.717, 1.165) is 49.9 Å². The molecule has 0 spiro atoms. The molecule has 28 heavy (non-hydrogen) atoms. The Hall–Kier alpha value is -1.88. The van der Waals surface area contributed by atoms with Crippen LogP contribution in [0.2, 0.25) is 0 Å². The quantitative estimate of drug-likeness (QED) is 0.749. The highest BCUT2D eigenvalue weighted by Gasteiger charge is 2.36. The Balaban J connectivity index is 1.29. The largest absolute Gasteiger partial charge is 0.369 e. The van der Waals surface area contributed by atoms with Gasteiger partial charge in [-0.1, -0.05) is 12.8 Å². The molecule has 5 heteroatoms. The molecular formula is C23H33N3O2. The zero-order valence-electron chi connectivity index (χ0n) is 17.1. The van der Waals surface area contributed by atoms with Gasteiger partial charge in [0.25, 0.3) is 0 Å². The van der Waals surface area contributed by atoms with E-state index in [1.807, 2.05) is 24.3 Å². The summed E-state index contributed by atoms with van der Waals surface area (Å²) < 4.78 is 0. The minimum absolute atomic E-state index is 0.104.